The molecule has 1 atom stereocenters. The van der Waals surface area contributed by atoms with Gasteiger partial charge in [-0.1, -0.05) is 30.3 Å². The van der Waals surface area contributed by atoms with Gasteiger partial charge in [-0.3, -0.25) is 14.4 Å². The van der Waals surface area contributed by atoms with Crippen LogP contribution in [0.3, 0.4) is 0 Å². The predicted molar refractivity (Wildman–Crippen MR) is 112 cm³/mol. The van der Waals surface area contributed by atoms with Crippen LogP contribution in [-0.4, -0.2) is 23.8 Å². The van der Waals surface area contributed by atoms with Crippen molar-refractivity contribution in [3.8, 4) is 0 Å². The summed E-state index contributed by atoms with van der Waals surface area (Å²) in [6.45, 7) is 5.34. The van der Waals surface area contributed by atoms with Crippen LogP contribution in [0.2, 0.25) is 0 Å². The molecule has 0 unspecified atom stereocenters. The summed E-state index contributed by atoms with van der Waals surface area (Å²) in [4.78, 5) is 36.9. The summed E-state index contributed by atoms with van der Waals surface area (Å²) in [7, 11) is 0. The van der Waals surface area contributed by atoms with Gasteiger partial charge in [0.15, 0.2) is 11.9 Å². The molecule has 1 amide bonds. The molecule has 29 heavy (non-hydrogen) atoms. The molecule has 5 heteroatoms. The minimum Gasteiger partial charge on any atom is -0.453 e. The fourth-order valence-corrected chi connectivity index (χ4v) is 3.65. The molecule has 0 radical (unpaired) electrons. The van der Waals surface area contributed by atoms with E-state index in [1.54, 1.807) is 0 Å². The molecular formula is C24H27NO4. The normalized spacial score (nSPS) is 13.5. The Hall–Kier alpha value is -2.95. The molecule has 2 aromatic carbocycles. The lowest BCUT2D eigenvalue weighted by atomic mass is 10.0. The van der Waals surface area contributed by atoms with Crippen LogP contribution in [0, 0.1) is 13.8 Å². The number of ether oxygens (including phenoxy) is 1. The molecule has 0 aromatic heterocycles. The van der Waals surface area contributed by atoms with Gasteiger partial charge in [-0.05, 0) is 68.4 Å². The number of benzene rings is 2. The summed E-state index contributed by atoms with van der Waals surface area (Å²) in [5.41, 5.74) is 5.79. The van der Waals surface area contributed by atoms with Gasteiger partial charge in [-0.2, -0.15) is 0 Å². The molecule has 1 aliphatic carbocycles. The highest BCUT2D eigenvalue weighted by atomic mass is 16.5. The van der Waals surface area contributed by atoms with Crippen LogP contribution < -0.4 is 5.32 Å². The Morgan fingerprint density at radius 3 is 2.41 bits per heavy atom. The van der Waals surface area contributed by atoms with Crippen LogP contribution in [0.15, 0.2) is 36.4 Å². The van der Waals surface area contributed by atoms with Crippen LogP contribution in [-0.2, 0) is 27.2 Å². The first-order valence-corrected chi connectivity index (χ1v) is 10.1. The number of carbonyl (C=O) groups excluding carboxylic acids is 3. The number of hydrogen-bond acceptors (Lipinski definition) is 4. The smallest absolute Gasteiger partial charge is 0.307 e. The van der Waals surface area contributed by atoms with Crippen molar-refractivity contribution in [2.24, 2.45) is 0 Å². The van der Waals surface area contributed by atoms with E-state index in [0.717, 1.165) is 36.1 Å². The average Bonchev–Trinajstić information content (AvgIpc) is 3.16. The van der Waals surface area contributed by atoms with E-state index in [1.807, 2.05) is 50.2 Å². The maximum absolute atomic E-state index is 12.4. The Bertz CT molecular complexity index is 928. The van der Waals surface area contributed by atoms with Crippen molar-refractivity contribution in [2.75, 3.05) is 5.32 Å². The predicted octanol–water partition coefficient (Wildman–Crippen LogP) is 4.33. The fourth-order valence-electron chi connectivity index (χ4n) is 3.65. The second-order valence-electron chi connectivity index (χ2n) is 7.65. The highest BCUT2D eigenvalue weighted by Gasteiger charge is 2.20. The number of para-hydroxylation sites is 1. The first-order chi connectivity index (χ1) is 13.8. The molecule has 0 heterocycles. The van der Waals surface area contributed by atoms with Crippen molar-refractivity contribution in [3.63, 3.8) is 0 Å². The van der Waals surface area contributed by atoms with Gasteiger partial charge in [-0.15, -0.1) is 0 Å². The third-order valence-corrected chi connectivity index (χ3v) is 5.38. The van der Waals surface area contributed by atoms with E-state index in [2.05, 4.69) is 5.32 Å². The van der Waals surface area contributed by atoms with E-state index in [0.29, 0.717) is 5.56 Å². The number of hydrogen-bond donors (Lipinski definition) is 1. The number of esters is 1. The van der Waals surface area contributed by atoms with E-state index in [4.69, 9.17) is 4.74 Å². The highest BCUT2D eigenvalue weighted by Crippen LogP contribution is 2.24. The topological polar surface area (TPSA) is 72.5 Å². The molecule has 0 fully saturated rings. The van der Waals surface area contributed by atoms with Crippen molar-refractivity contribution in [1.29, 1.82) is 0 Å². The van der Waals surface area contributed by atoms with E-state index in [-0.39, 0.29) is 24.5 Å². The molecule has 0 saturated carbocycles. The molecule has 0 aliphatic heterocycles. The van der Waals surface area contributed by atoms with Crippen LogP contribution in [0.25, 0.3) is 0 Å². The molecule has 0 saturated heterocycles. The molecule has 3 rings (SSSR count). The van der Waals surface area contributed by atoms with Gasteiger partial charge >= 0.3 is 5.97 Å². The summed E-state index contributed by atoms with van der Waals surface area (Å²) in [5, 5.41) is 2.82. The van der Waals surface area contributed by atoms with Gasteiger partial charge in [0.25, 0.3) is 5.91 Å². The molecule has 5 nitrogen and oxygen atoms in total. The minimum absolute atomic E-state index is 0.0447. The molecule has 2 aromatic rings. The maximum atomic E-state index is 12.4. The lowest BCUT2D eigenvalue weighted by Gasteiger charge is -2.16. The minimum atomic E-state index is -0.934. The van der Waals surface area contributed by atoms with Crippen LogP contribution in [0.5, 0.6) is 0 Å². The van der Waals surface area contributed by atoms with Crippen molar-refractivity contribution < 1.29 is 19.1 Å². The second-order valence-corrected chi connectivity index (χ2v) is 7.65. The summed E-state index contributed by atoms with van der Waals surface area (Å²) < 4.78 is 5.22. The third kappa shape index (κ3) is 5.11. The highest BCUT2D eigenvalue weighted by molar-refractivity contribution is 5.99. The third-order valence-electron chi connectivity index (χ3n) is 5.38. The Kier molecular flexibility index (Phi) is 6.47. The summed E-state index contributed by atoms with van der Waals surface area (Å²) >= 11 is 0. The van der Waals surface area contributed by atoms with Crippen molar-refractivity contribution in [1.82, 2.24) is 0 Å². The Morgan fingerprint density at radius 2 is 1.69 bits per heavy atom. The number of carbonyl (C=O) groups is 3. The van der Waals surface area contributed by atoms with Gasteiger partial charge in [0.1, 0.15) is 0 Å². The summed E-state index contributed by atoms with van der Waals surface area (Å²) in [6, 6.07) is 11.5. The van der Waals surface area contributed by atoms with Crippen LogP contribution in [0.4, 0.5) is 5.69 Å². The van der Waals surface area contributed by atoms with Gasteiger partial charge in [0.05, 0.1) is 6.42 Å². The molecule has 1 aliphatic rings. The maximum Gasteiger partial charge on any atom is 0.307 e. The van der Waals surface area contributed by atoms with E-state index in [9.17, 15) is 14.4 Å². The van der Waals surface area contributed by atoms with Crippen LogP contribution >= 0.6 is 0 Å². The average molecular weight is 393 g/mol. The number of rotatable bonds is 7. The van der Waals surface area contributed by atoms with Gasteiger partial charge in [0.2, 0.25) is 0 Å². The molecule has 0 spiro atoms. The number of fused-ring (bicyclic) bond motifs is 1. The molecular weight excluding hydrogens is 366 g/mol. The van der Waals surface area contributed by atoms with E-state index in [1.165, 1.54) is 18.1 Å². The standard InChI is InChI=1S/C24H27NO4/c1-15-6-4-7-16(2)23(15)25-24(28)17(3)29-22(27)13-12-21(26)20-11-10-18-8-5-9-19(18)14-20/h4,6-7,10-11,14,17H,5,8-9,12-13H2,1-3H3,(H,25,28)/t17-/m1/s1. The monoisotopic (exact) mass is 393 g/mol. The zero-order valence-corrected chi connectivity index (χ0v) is 17.2. The van der Waals surface area contributed by atoms with Crippen molar-refractivity contribution in [3.05, 3.63) is 64.2 Å². The zero-order chi connectivity index (χ0) is 21.0. The van der Waals surface area contributed by atoms with Gasteiger partial charge in [-0.25, -0.2) is 0 Å². The van der Waals surface area contributed by atoms with E-state index >= 15 is 0 Å². The number of Topliss-reactive ketones (excluding diaryl/α,β-unsaturated/α-hetero) is 1. The number of aryl methyl sites for hydroxylation is 4. The van der Waals surface area contributed by atoms with Gasteiger partial charge in [0, 0.05) is 17.7 Å². The molecule has 0 bridgehead atoms. The quantitative estimate of drug-likeness (QED) is 0.561. The first-order valence-electron chi connectivity index (χ1n) is 10.1. The Balaban J connectivity index is 1.49. The largest absolute Gasteiger partial charge is 0.453 e. The zero-order valence-electron chi connectivity index (χ0n) is 17.2. The van der Waals surface area contributed by atoms with Crippen molar-refractivity contribution >= 4 is 23.3 Å². The lowest BCUT2D eigenvalue weighted by Crippen LogP contribution is -2.30. The SMILES string of the molecule is Cc1cccc(C)c1NC(=O)[C@@H](C)OC(=O)CCC(=O)c1ccc2c(c1)CCC2. The number of ketones is 1. The number of nitrogens with one attached hydrogen (secondary N) is 1. The molecule has 152 valence electrons. The fraction of sp³-hybridized carbons (Fsp3) is 0.375. The Morgan fingerprint density at radius 1 is 1.00 bits per heavy atom. The summed E-state index contributed by atoms with van der Waals surface area (Å²) in [6.07, 6.45) is 2.29. The first kappa shape index (κ1) is 20.8. The van der Waals surface area contributed by atoms with Gasteiger partial charge < -0.3 is 10.1 Å². The summed E-state index contributed by atoms with van der Waals surface area (Å²) in [5.74, 6) is -1.02. The van der Waals surface area contributed by atoms with Crippen LogP contribution in [0.1, 0.15) is 58.8 Å². The number of anilines is 1. The Labute approximate surface area is 171 Å². The number of amides is 1. The molecule has 1 N–H and O–H groups in total. The second kappa shape index (κ2) is 9.03. The van der Waals surface area contributed by atoms with E-state index < -0.39 is 12.1 Å². The van der Waals surface area contributed by atoms with Crippen molar-refractivity contribution in [2.45, 2.75) is 59.0 Å². The lowest BCUT2D eigenvalue weighted by molar-refractivity contribution is -0.153.